The number of unbranched alkanes of at least 4 members (excludes halogenated alkanes) is 7. The van der Waals surface area contributed by atoms with Crippen LogP contribution in [0, 0.1) is 0 Å². The van der Waals surface area contributed by atoms with E-state index in [1.165, 1.54) is 52.1 Å². The first kappa shape index (κ1) is 19.4. The van der Waals surface area contributed by atoms with Crippen molar-refractivity contribution in [2.24, 2.45) is 0 Å². The van der Waals surface area contributed by atoms with Crippen LogP contribution in [-0.2, 0) is 14.3 Å². The number of ether oxygens (including phenoxy) is 2. The van der Waals surface area contributed by atoms with Crippen LogP contribution in [0.3, 0.4) is 0 Å². The van der Waals surface area contributed by atoms with Crippen molar-refractivity contribution in [1.82, 2.24) is 0 Å². The summed E-state index contributed by atoms with van der Waals surface area (Å²) in [4.78, 5) is 10.9. The molecule has 1 atom stereocenters. The molecule has 4 heteroatoms. The van der Waals surface area contributed by atoms with E-state index in [1.54, 1.807) is 0 Å². The molecule has 1 unspecified atom stereocenters. The summed E-state index contributed by atoms with van der Waals surface area (Å²) in [6.45, 7) is 3.49. The lowest BCUT2D eigenvalue weighted by Crippen LogP contribution is -2.16. The van der Waals surface area contributed by atoms with Gasteiger partial charge in [0, 0.05) is 13.2 Å². The Morgan fingerprint density at radius 1 is 1.00 bits per heavy atom. The number of carbonyl (C=O) groups is 1. The van der Waals surface area contributed by atoms with Gasteiger partial charge < -0.3 is 14.6 Å². The summed E-state index contributed by atoms with van der Waals surface area (Å²) < 4.78 is 9.94. The molecule has 0 bridgehead atoms. The van der Waals surface area contributed by atoms with Crippen molar-refractivity contribution in [1.29, 1.82) is 0 Å². The van der Waals surface area contributed by atoms with Crippen molar-refractivity contribution < 1.29 is 19.4 Å². The topological polar surface area (TPSA) is 55.8 Å². The standard InChI is InChI=1S/C16H32O4/c1-3-4-5-6-7-8-9-10-12-20-13-11-15(17)14-16(18)19-2/h15,17H,3-14H2,1-2H3. The summed E-state index contributed by atoms with van der Waals surface area (Å²) >= 11 is 0. The van der Waals surface area contributed by atoms with Crippen LogP contribution in [0.25, 0.3) is 0 Å². The predicted octanol–water partition coefficient (Wildman–Crippen LogP) is 3.46. The van der Waals surface area contributed by atoms with Gasteiger partial charge in [-0.15, -0.1) is 0 Å². The van der Waals surface area contributed by atoms with Crippen molar-refractivity contribution in [3.63, 3.8) is 0 Å². The van der Waals surface area contributed by atoms with Gasteiger partial charge in [0.1, 0.15) is 0 Å². The monoisotopic (exact) mass is 288 g/mol. The van der Waals surface area contributed by atoms with Crippen LogP contribution in [0.4, 0.5) is 0 Å². The molecule has 0 aromatic rings. The number of rotatable bonds is 14. The highest BCUT2D eigenvalue weighted by Crippen LogP contribution is 2.08. The van der Waals surface area contributed by atoms with E-state index in [1.807, 2.05) is 0 Å². The summed E-state index contributed by atoms with van der Waals surface area (Å²) in [6, 6.07) is 0. The minimum atomic E-state index is -0.652. The van der Waals surface area contributed by atoms with E-state index in [0.29, 0.717) is 13.0 Å². The molecule has 0 spiro atoms. The Morgan fingerprint density at radius 3 is 2.20 bits per heavy atom. The average Bonchev–Trinajstić information content (AvgIpc) is 2.44. The van der Waals surface area contributed by atoms with Crippen molar-refractivity contribution in [2.45, 2.75) is 77.2 Å². The minimum Gasteiger partial charge on any atom is -0.469 e. The normalized spacial score (nSPS) is 12.3. The first-order chi connectivity index (χ1) is 9.70. The number of methoxy groups -OCH3 is 1. The van der Waals surface area contributed by atoms with E-state index in [-0.39, 0.29) is 12.4 Å². The summed E-state index contributed by atoms with van der Waals surface area (Å²) in [7, 11) is 1.33. The lowest BCUT2D eigenvalue weighted by molar-refractivity contribution is -0.143. The molecule has 0 saturated heterocycles. The number of esters is 1. The quantitative estimate of drug-likeness (QED) is 0.393. The third-order valence-electron chi connectivity index (χ3n) is 3.37. The fourth-order valence-corrected chi connectivity index (χ4v) is 2.04. The van der Waals surface area contributed by atoms with Gasteiger partial charge in [-0.25, -0.2) is 0 Å². The maximum absolute atomic E-state index is 10.9. The van der Waals surface area contributed by atoms with Crippen LogP contribution in [0.15, 0.2) is 0 Å². The Kier molecular flexibility index (Phi) is 14.3. The SMILES string of the molecule is CCCCCCCCCCOCCC(O)CC(=O)OC. The summed E-state index contributed by atoms with van der Waals surface area (Å²) in [5, 5.41) is 9.51. The van der Waals surface area contributed by atoms with Gasteiger partial charge >= 0.3 is 5.97 Å². The molecule has 4 nitrogen and oxygen atoms in total. The average molecular weight is 288 g/mol. The number of hydrogen-bond donors (Lipinski definition) is 1. The Hall–Kier alpha value is -0.610. The van der Waals surface area contributed by atoms with Gasteiger partial charge in [-0.2, -0.15) is 0 Å². The largest absolute Gasteiger partial charge is 0.469 e. The Morgan fingerprint density at radius 2 is 1.60 bits per heavy atom. The minimum absolute atomic E-state index is 0.0532. The summed E-state index contributed by atoms with van der Waals surface area (Å²) in [5.41, 5.74) is 0. The van der Waals surface area contributed by atoms with Crippen LogP contribution >= 0.6 is 0 Å². The van der Waals surface area contributed by atoms with Gasteiger partial charge in [0.05, 0.1) is 19.6 Å². The van der Waals surface area contributed by atoms with Gasteiger partial charge in [0.2, 0.25) is 0 Å². The summed E-state index contributed by atoms with van der Waals surface area (Å²) in [5.74, 6) is -0.374. The van der Waals surface area contributed by atoms with E-state index in [2.05, 4.69) is 11.7 Å². The molecule has 120 valence electrons. The van der Waals surface area contributed by atoms with Gasteiger partial charge in [-0.1, -0.05) is 51.9 Å². The Bertz CT molecular complexity index is 219. The van der Waals surface area contributed by atoms with Crippen molar-refractivity contribution >= 4 is 5.97 Å². The van der Waals surface area contributed by atoms with Crippen LogP contribution in [0.1, 0.15) is 71.1 Å². The second-order valence-corrected chi connectivity index (χ2v) is 5.31. The molecule has 0 aromatic carbocycles. The third kappa shape index (κ3) is 13.8. The number of hydrogen-bond acceptors (Lipinski definition) is 4. The lowest BCUT2D eigenvalue weighted by atomic mass is 10.1. The first-order valence-electron chi connectivity index (χ1n) is 8.03. The maximum Gasteiger partial charge on any atom is 0.308 e. The molecule has 0 heterocycles. The molecule has 0 aliphatic heterocycles. The number of aliphatic hydroxyl groups excluding tert-OH is 1. The zero-order valence-corrected chi connectivity index (χ0v) is 13.2. The molecule has 0 radical (unpaired) electrons. The molecule has 0 aromatic heterocycles. The number of aliphatic hydroxyl groups is 1. The number of carbonyl (C=O) groups excluding carboxylic acids is 1. The zero-order valence-electron chi connectivity index (χ0n) is 13.2. The highest BCUT2D eigenvalue weighted by atomic mass is 16.5. The highest BCUT2D eigenvalue weighted by molar-refractivity contribution is 5.69. The predicted molar refractivity (Wildman–Crippen MR) is 80.7 cm³/mol. The van der Waals surface area contributed by atoms with Crippen molar-refractivity contribution in [3.8, 4) is 0 Å². The van der Waals surface area contributed by atoms with Gasteiger partial charge in [-0.3, -0.25) is 4.79 Å². The molecule has 20 heavy (non-hydrogen) atoms. The van der Waals surface area contributed by atoms with Crippen LogP contribution in [0.5, 0.6) is 0 Å². The first-order valence-corrected chi connectivity index (χ1v) is 8.03. The smallest absolute Gasteiger partial charge is 0.308 e. The lowest BCUT2D eigenvalue weighted by Gasteiger charge is -2.09. The second-order valence-electron chi connectivity index (χ2n) is 5.31. The second kappa shape index (κ2) is 14.8. The van der Waals surface area contributed by atoms with Crippen LogP contribution in [0.2, 0.25) is 0 Å². The molecular weight excluding hydrogens is 256 g/mol. The van der Waals surface area contributed by atoms with E-state index < -0.39 is 6.10 Å². The fraction of sp³-hybridized carbons (Fsp3) is 0.938. The molecule has 1 N–H and O–H groups in total. The van der Waals surface area contributed by atoms with E-state index >= 15 is 0 Å². The van der Waals surface area contributed by atoms with Crippen LogP contribution in [-0.4, -0.2) is 37.5 Å². The molecule has 0 aliphatic carbocycles. The highest BCUT2D eigenvalue weighted by Gasteiger charge is 2.10. The summed E-state index contributed by atoms with van der Waals surface area (Å²) in [6.07, 6.45) is 10.2. The van der Waals surface area contributed by atoms with Crippen molar-refractivity contribution in [2.75, 3.05) is 20.3 Å². The fourth-order valence-electron chi connectivity index (χ4n) is 2.04. The third-order valence-corrected chi connectivity index (χ3v) is 3.37. The molecule has 0 aliphatic rings. The molecule has 0 saturated carbocycles. The van der Waals surface area contributed by atoms with Gasteiger partial charge in [-0.05, 0) is 12.8 Å². The Balaban J connectivity index is 3.14. The molecule has 0 amide bonds. The van der Waals surface area contributed by atoms with Gasteiger partial charge in [0.25, 0.3) is 0 Å². The van der Waals surface area contributed by atoms with E-state index in [9.17, 15) is 9.90 Å². The maximum atomic E-state index is 10.9. The van der Waals surface area contributed by atoms with Gasteiger partial charge in [0.15, 0.2) is 0 Å². The Labute approximate surface area is 123 Å². The van der Waals surface area contributed by atoms with E-state index in [0.717, 1.165) is 13.0 Å². The van der Waals surface area contributed by atoms with E-state index in [4.69, 9.17) is 4.74 Å². The molecule has 0 rings (SSSR count). The van der Waals surface area contributed by atoms with Crippen LogP contribution < -0.4 is 0 Å². The molecular formula is C16H32O4. The van der Waals surface area contributed by atoms with Crippen molar-refractivity contribution in [3.05, 3.63) is 0 Å². The molecule has 0 fully saturated rings. The zero-order chi connectivity index (χ0) is 15.1.